The Hall–Kier alpha value is -3.06. The van der Waals surface area contributed by atoms with Crippen molar-refractivity contribution >= 4 is 39.8 Å². The molecule has 3 aromatic rings. The predicted molar refractivity (Wildman–Crippen MR) is 100 cm³/mol. The van der Waals surface area contributed by atoms with Crippen LogP contribution in [0.2, 0.25) is 5.02 Å². The average Bonchev–Trinajstić information content (AvgIpc) is 2.86. The third kappa shape index (κ3) is 3.21. The zero-order valence-electron chi connectivity index (χ0n) is 14.0. The molecule has 7 nitrogen and oxygen atoms in total. The first-order chi connectivity index (χ1) is 12.4. The highest BCUT2D eigenvalue weighted by atomic mass is 35.5. The number of aromatic hydroxyl groups is 2. The number of phenols is 1. The van der Waals surface area contributed by atoms with E-state index in [2.05, 4.69) is 10.2 Å². The third-order valence-electron chi connectivity index (χ3n) is 3.91. The summed E-state index contributed by atoms with van der Waals surface area (Å²) < 4.78 is 1.68. The van der Waals surface area contributed by atoms with Gasteiger partial charge in [-0.25, -0.2) is 0 Å². The van der Waals surface area contributed by atoms with E-state index in [0.29, 0.717) is 22.6 Å². The molecule has 0 bridgehead atoms. The number of carbonyl (C=O) groups excluding carboxylic acids is 1. The number of nitrogens with two attached hydrogens (primary N) is 1. The lowest BCUT2D eigenvalue weighted by Crippen LogP contribution is -1.96. The molecule has 0 aliphatic rings. The van der Waals surface area contributed by atoms with Gasteiger partial charge >= 0.3 is 0 Å². The molecule has 0 atom stereocenters. The molecule has 0 unspecified atom stereocenters. The van der Waals surface area contributed by atoms with Crippen molar-refractivity contribution in [1.29, 1.82) is 0 Å². The molecule has 1 heterocycles. The van der Waals surface area contributed by atoms with Crippen LogP contribution >= 0.6 is 11.6 Å². The second kappa shape index (κ2) is 7.05. The van der Waals surface area contributed by atoms with Crippen LogP contribution in [0.5, 0.6) is 11.6 Å². The maximum atomic E-state index is 12.2. The van der Waals surface area contributed by atoms with E-state index in [9.17, 15) is 15.0 Å². The normalized spacial score (nSPS) is 11.5. The Balaban J connectivity index is 2.06. The van der Waals surface area contributed by atoms with Gasteiger partial charge in [-0.2, -0.15) is 0 Å². The number of fused-ring (bicyclic) bond motifs is 1. The van der Waals surface area contributed by atoms with E-state index in [-0.39, 0.29) is 22.9 Å². The number of rotatable bonds is 4. The lowest BCUT2D eigenvalue weighted by Gasteiger charge is -2.03. The van der Waals surface area contributed by atoms with E-state index < -0.39 is 5.91 Å². The van der Waals surface area contributed by atoms with Crippen LogP contribution in [-0.2, 0) is 6.54 Å². The van der Waals surface area contributed by atoms with Crippen molar-refractivity contribution < 1.29 is 15.0 Å². The minimum absolute atomic E-state index is 0.0661. The molecule has 134 valence electrons. The number of nitrogens with zero attached hydrogens (tertiary/aromatic N) is 3. The number of hydrogen-bond donors (Lipinski definition) is 3. The van der Waals surface area contributed by atoms with Crippen molar-refractivity contribution in [3.8, 4) is 11.6 Å². The van der Waals surface area contributed by atoms with Crippen LogP contribution < -0.4 is 5.73 Å². The van der Waals surface area contributed by atoms with Crippen molar-refractivity contribution in [2.75, 3.05) is 5.73 Å². The second-order valence-corrected chi connectivity index (χ2v) is 6.20. The van der Waals surface area contributed by atoms with Gasteiger partial charge in [0.15, 0.2) is 5.69 Å². The number of nitrogen functional groups attached to an aromatic ring is 1. The number of phenolic OH excluding ortho intramolecular Hbond substituents is 1. The molecule has 1 amide bonds. The molecule has 0 saturated carbocycles. The van der Waals surface area contributed by atoms with Gasteiger partial charge < -0.3 is 20.5 Å². The highest BCUT2D eigenvalue weighted by Crippen LogP contribution is 2.40. The number of azo groups is 1. The van der Waals surface area contributed by atoms with E-state index in [4.69, 9.17) is 17.3 Å². The van der Waals surface area contributed by atoms with E-state index in [1.807, 2.05) is 6.92 Å². The summed E-state index contributed by atoms with van der Waals surface area (Å²) in [4.78, 5) is 12.2. The molecule has 0 aliphatic heterocycles. The fourth-order valence-electron chi connectivity index (χ4n) is 2.72. The molecule has 0 fully saturated rings. The SMILES string of the molecule is CCCn1c(O)c(N=NC(=O)c2cc(N)ccc2O)c2cc(Cl)ccc21. The van der Waals surface area contributed by atoms with Crippen LogP contribution in [0.15, 0.2) is 46.6 Å². The average molecular weight is 373 g/mol. The number of halogens is 1. The molecular weight excluding hydrogens is 356 g/mol. The molecule has 2 aromatic carbocycles. The molecule has 26 heavy (non-hydrogen) atoms. The Labute approximate surface area is 154 Å². The largest absolute Gasteiger partial charge is 0.507 e. The predicted octanol–water partition coefficient (Wildman–Crippen LogP) is 4.62. The number of amides is 1. The Morgan fingerprint density at radius 2 is 2.00 bits per heavy atom. The van der Waals surface area contributed by atoms with Gasteiger partial charge in [0.2, 0.25) is 5.88 Å². The van der Waals surface area contributed by atoms with Gasteiger partial charge in [-0.3, -0.25) is 4.79 Å². The van der Waals surface area contributed by atoms with Gasteiger partial charge in [0.25, 0.3) is 5.91 Å². The van der Waals surface area contributed by atoms with E-state index >= 15 is 0 Å². The van der Waals surface area contributed by atoms with Crippen molar-refractivity contribution in [2.24, 2.45) is 10.2 Å². The zero-order chi connectivity index (χ0) is 18.8. The lowest BCUT2D eigenvalue weighted by molar-refractivity contribution is 0.0992. The smallest absolute Gasteiger partial charge is 0.299 e. The van der Waals surface area contributed by atoms with Gasteiger partial charge in [-0.15, -0.1) is 10.2 Å². The first kappa shape index (κ1) is 17.8. The van der Waals surface area contributed by atoms with Gasteiger partial charge in [0.05, 0.1) is 11.1 Å². The molecule has 4 N–H and O–H groups in total. The Bertz CT molecular complexity index is 1030. The second-order valence-electron chi connectivity index (χ2n) is 5.77. The lowest BCUT2D eigenvalue weighted by atomic mass is 10.1. The van der Waals surface area contributed by atoms with E-state index in [1.54, 1.807) is 22.8 Å². The summed E-state index contributed by atoms with van der Waals surface area (Å²) in [5.41, 5.74) is 6.76. The Kier molecular flexibility index (Phi) is 4.81. The highest BCUT2D eigenvalue weighted by Gasteiger charge is 2.18. The summed E-state index contributed by atoms with van der Waals surface area (Å²) in [6, 6.07) is 9.23. The molecule has 0 spiro atoms. The number of hydrogen-bond acceptors (Lipinski definition) is 5. The van der Waals surface area contributed by atoms with Gasteiger partial charge in [0, 0.05) is 22.6 Å². The maximum absolute atomic E-state index is 12.2. The number of aryl methyl sites for hydroxylation is 1. The van der Waals surface area contributed by atoms with Crippen LogP contribution in [0, 0.1) is 0 Å². The van der Waals surface area contributed by atoms with Crippen molar-refractivity contribution in [1.82, 2.24) is 4.57 Å². The first-order valence-electron chi connectivity index (χ1n) is 7.97. The fraction of sp³-hybridized carbons (Fsp3) is 0.167. The minimum atomic E-state index is -0.771. The number of anilines is 1. The number of carbonyl (C=O) groups is 1. The number of benzene rings is 2. The van der Waals surface area contributed by atoms with E-state index in [1.165, 1.54) is 18.2 Å². The van der Waals surface area contributed by atoms with Crippen LogP contribution in [0.4, 0.5) is 11.4 Å². The summed E-state index contributed by atoms with van der Waals surface area (Å²) in [6.45, 7) is 2.55. The summed E-state index contributed by atoms with van der Waals surface area (Å²) in [5.74, 6) is -1.12. The molecular formula is C18H17ClN4O3. The molecule has 3 rings (SSSR count). The molecule has 1 aromatic heterocycles. The van der Waals surface area contributed by atoms with Gasteiger partial charge in [-0.1, -0.05) is 18.5 Å². The molecule has 0 aliphatic carbocycles. The van der Waals surface area contributed by atoms with Gasteiger partial charge in [-0.05, 0) is 42.8 Å². The Morgan fingerprint density at radius 3 is 2.73 bits per heavy atom. The van der Waals surface area contributed by atoms with Crippen molar-refractivity contribution in [3.05, 3.63) is 47.0 Å². The summed E-state index contributed by atoms with van der Waals surface area (Å²) in [7, 11) is 0. The fourth-order valence-corrected chi connectivity index (χ4v) is 2.89. The topological polar surface area (TPSA) is 113 Å². The minimum Gasteiger partial charge on any atom is -0.507 e. The highest BCUT2D eigenvalue weighted by molar-refractivity contribution is 6.31. The summed E-state index contributed by atoms with van der Waals surface area (Å²) in [6.07, 6.45) is 0.798. The molecule has 0 saturated heterocycles. The standard InChI is InChI=1S/C18H17ClN4O3/c1-2-7-23-14-5-3-10(19)8-12(14)16(18(23)26)21-22-17(25)13-9-11(20)4-6-15(13)24/h3-6,8-9,24,26H,2,7,20H2,1H3. The first-order valence-corrected chi connectivity index (χ1v) is 8.35. The summed E-state index contributed by atoms with van der Waals surface area (Å²) in [5, 5.41) is 28.9. The molecule has 0 radical (unpaired) electrons. The monoisotopic (exact) mass is 372 g/mol. The maximum Gasteiger partial charge on any atom is 0.299 e. The quantitative estimate of drug-likeness (QED) is 0.352. The molecule has 8 heteroatoms. The zero-order valence-corrected chi connectivity index (χ0v) is 14.7. The third-order valence-corrected chi connectivity index (χ3v) is 4.15. The summed E-state index contributed by atoms with van der Waals surface area (Å²) >= 11 is 6.05. The van der Waals surface area contributed by atoms with Crippen LogP contribution in [0.25, 0.3) is 10.9 Å². The van der Waals surface area contributed by atoms with Crippen molar-refractivity contribution in [3.63, 3.8) is 0 Å². The van der Waals surface area contributed by atoms with E-state index in [0.717, 1.165) is 11.9 Å². The van der Waals surface area contributed by atoms with Crippen molar-refractivity contribution in [2.45, 2.75) is 19.9 Å². The number of aromatic nitrogens is 1. The van der Waals surface area contributed by atoms with Gasteiger partial charge in [0.1, 0.15) is 5.75 Å². The van der Waals surface area contributed by atoms with Crippen LogP contribution in [0.1, 0.15) is 23.7 Å². The van der Waals surface area contributed by atoms with Crippen LogP contribution in [-0.4, -0.2) is 20.7 Å². The Morgan fingerprint density at radius 1 is 1.23 bits per heavy atom. The van der Waals surface area contributed by atoms with Crippen LogP contribution in [0.3, 0.4) is 0 Å².